The second kappa shape index (κ2) is 11.5. The fourth-order valence-corrected chi connectivity index (χ4v) is 4.31. The molecule has 0 N–H and O–H groups in total. The lowest BCUT2D eigenvalue weighted by Crippen LogP contribution is -2.41. The predicted octanol–water partition coefficient (Wildman–Crippen LogP) is 5.22. The van der Waals surface area contributed by atoms with Crippen LogP contribution in [0.5, 0.6) is 0 Å². The summed E-state index contributed by atoms with van der Waals surface area (Å²) in [5, 5.41) is 0. The van der Waals surface area contributed by atoms with Gasteiger partial charge in [0.1, 0.15) is 0 Å². The largest absolute Gasteiger partial charge is 0.326 e. The minimum Gasteiger partial charge on any atom is -0.326 e. The Kier molecular flexibility index (Phi) is 10.5. The van der Waals surface area contributed by atoms with Gasteiger partial charge in [-0.2, -0.15) is 0 Å². The van der Waals surface area contributed by atoms with E-state index in [0.29, 0.717) is 0 Å². The Balaban J connectivity index is 0.000000231. The van der Waals surface area contributed by atoms with Crippen molar-refractivity contribution in [1.29, 1.82) is 0 Å². The van der Waals surface area contributed by atoms with Gasteiger partial charge in [-0.25, -0.2) is 0 Å². The highest BCUT2D eigenvalue weighted by atomic mass is 15.3. The van der Waals surface area contributed by atoms with Crippen LogP contribution in [0.25, 0.3) is 0 Å². The second-order valence-electron chi connectivity index (χ2n) is 8.76. The molecule has 0 bridgehead atoms. The molecule has 0 aliphatic carbocycles. The Morgan fingerprint density at radius 1 is 0.522 bits per heavy atom. The number of nitrogens with zero attached hydrogens (tertiary/aromatic N) is 2. The number of unbranched alkanes of at least 4 members (excludes halogenated alkanes) is 5. The smallest absolute Gasteiger partial charge is 0.0786 e. The lowest BCUT2D eigenvalue weighted by molar-refractivity contribution is -0.897. The van der Waals surface area contributed by atoms with Gasteiger partial charge in [-0.3, -0.25) is 0 Å². The Labute approximate surface area is 147 Å². The third-order valence-electron chi connectivity index (χ3n) is 6.14. The minimum atomic E-state index is 1.36. The Morgan fingerprint density at radius 3 is 1.26 bits per heavy atom. The zero-order valence-corrected chi connectivity index (χ0v) is 16.9. The topological polar surface area (TPSA) is 0 Å². The van der Waals surface area contributed by atoms with Crippen LogP contribution >= 0.6 is 0 Å². The molecule has 0 amide bonds. The maximum atomic E-state index is 2.43. The molecule has 2 aliphatic heterocycles. The van der Waals surface area contributed by atoms with E-state index in [1.165, 1.54) is 119 Å². The molecule has 0 radical (unpaired) electrons. The third kappa shape index (κ3) is 9.10. The monoisotopic (exact) mass is 326 g/mol. The summed E-state index contributed by atoms with van der Waals surface area (Å²) in [6.07, 6.45) is 15.8. The number of hydrogen-bond acceptors (Lipinski definition) is 0. The summed E-state index contributed by atoms with van der Waals surface area (Å²) in [7, 11) is 4.85. The van der Waals surface area contributed by atoms with Crippen molar-refractivity contribution in [2.24, 2.45) is 0 Å². The number of quaternary nitrogens is 2. The van der Waals surface area contributed by atoms with Gasteiger partial charge in [0.25, 0.3) is 0 Å². The molecule has 138 valence electrons. The van der Waals surface area contributed by atoms with E-state index in [4.69, 9.17) is 0 Å². The summed E-state index contributed by atoms with van der Waals surface area (Å²) < 4.78 is 2.73. The van der Waals surface area contributed by atoms with Gasteiger partial charge in [0.2, 0.25) is 0 Å². The van der Waals surface area contributed by atoms with Crippen LogP contribution in [0.2, 0.25) is 0 Å². The zero-order chi connectivity index (χ0) is 17.0. The molecule has 2 heterocycles. The van der Waals surface area contributed by atoms with Crippen LogP contribution in [0.1, 0.15) is 84.5 Å². The molecule has 0 unspecified atom stereocenters. The normalized spacial score (nSPS) is 21.9. The molecule has 2 saturated heterocycles. The van der Waals surface area contributed by atoms with E-state index in [0.717, 1.165) is 0 Å². The van der Waals surface area contributed by atoms with Crippen molar-refractivity contribution in [1.82, 2.24) is 0 Å². The van der Waals surface area contributed by atoms with Gasteiger partial charge in [0, 0.05) is 25.7 Å². The highest BCUT2D eigenvalue weighted by molar-refractivity contribution is 4.53. The first-order valence-corrected chi connectivity index (χ1v) is 10.7. The summed E-state index contributed by atoms with van der Waals surface area (Å²) in [5.74, 6) is 0. The van der Waals surface area contributed by atoms with Crippen LogP contribution in [0.4, 0.5) is 0 Å². The average Bonchev–Trinajstić information content (AvgIpc) is 3.15. The van der Waals surface area contributed by atoms with Crippen molar-refractivity contribution in [2.45, 2.75) is 84.5 Å². The van der Waals surface area contributed by atoms with Crippen molar-refractivity contribution >= 4 is 0 Å². The van der Waals surface area contributed by atoms with E-state index in [1.54, 1.807) is 0 Å². The molecule has 0 spiro atoms. The highest BCUT2D eigenvalue weighted by Gasteiger charge is 2.26. The Morgan fingerprint density at radius 2 is 0.870 bits per heavy atom. The van der Waals surface area contributed by atoms with Crippen molar-refractivity contribution in [3.05, 3.63) is 0 Å². The maximum Gasteiger partial charge on any atom is 0.0786 e. The van der Waals surface area contributed by atoms with Crippen molar-refractivity contribution in [3.8, 4) is 0 Å². The second-order valence-corrected chi connectivity index (χ2v) is 8.76. The molecule has 2 rings (SSSR count). The summed E-state index contributed by atoms with van der Waals surface area (Å²) >= 11 is 0. The SMILES string of the molecule is CCCCCC[N+]1(C)CCCC1.CCCCC[N+]1(C)CCCC1. The van der Waals surface area contributed by atoms with E-state index < -0.39 is 0 Å². The predicted molar refractivity (Wildman–Crippen MR) is 104 cm³/mol. The molecule has 0 saturated carbocycles. The average molecular weight is 327 g/mol. The number of rotatable bonds is 9. The van der Waals surface area contributed by atoms with Crippen molar-refractivity contribution in [2.75, 3.05) is 53.4 Å². The molecule has 2 aliphatic rings. The van der Waals surface area contributed by atoms with Crippen LogP contribution in [-0.4, -0.2) is 62.3 Å². The molecule has 2 heteroatoms. The lowest BCUT2D eigenvalue weighted by Gasteiger charge is -2.29. The molecular formula is C21H46N2+2. The maximum absolute atomic E-state index is 2.43. The molecule has 2 fully saturated rings. The van der Waals surface area contributed by atoms with Gasteiger partial charge in [-0.1, -0.05) is 33.1 Å². The standard InChI is InChI=1S/C11H24N.C10H22N/c1-3-4-5-6-9-12(2)10-7-8-11-12;1-3-4-5-8-11(2)9-6-7-10-11/h3-11H2,1-2H3;3-10H2,1-2H3/q2*+1. The van der Waals surface area contributed by atoms with E-state index in [9.17, 15) is 0 Å². The Hall–Kier alpha value is -0.0800. The van der Waals surface area contributed by atoms with Crippen LogP contribution in [0.15, 0.2) is 0 Å². The lowest BCUT2D eigenvalue weighted by atomic mass is 10.2. The number of hydrogen-bond donors (Lipinski definition) is 0. The van der Waals surface area contributed by atoms with Gasteiger partial charge in [-0.05, 0) is 25.7 Å². The first kappa shape index (κ1) is 21.0. The molecule has 23 heavy (non-hydrogen) atoms. The zero-order valence-electron chi connectivity index (χ0n) is 16.9. The summed E-state index contributed by atoms with van der Waals surface area (Å²) in [6, 6.07) is 0. The fourth-order valence-electron chi connectivity index (χ4n) is 4.31. The van der Waals surface area contributed by atoms with Gasteiger partial charge < -0.3 is 8.97 Å². The quantitative estimate of drug-likeness (QED) is 0.402. The van der Waals surface area contributed by atoms with E-state index in [2.05, 4.69) is 27.9 Å². The Bertz CT molecular complexity index is 276. The van der Waals surface area contributed by atoms with Crippen LogP contribution in [-0.2, 0) is 0 Å². The minimum absolute atomic E-state index is 1.36. The molecular weight excluding hydrogens is 280 g/mol. The summed E-state index contributed by atoms with van der Waals surface area (Å²) in [4.78, 5) is 0. The van der Waals surface area contributed by atoms with Gasteiger partial charge >= 0.3 is 0 Å². The van der Waals surface area contributed by atoms with E-state index >= 15 is 0 Å². The van der Waals surface area contributed by atoms with E-state index in [1.807, 2.05) is 0 Å². The first-order chi connectivity index (χ1) is 11.0. The summed E-state index contributed by atoms with van der Waals surface area (Å²) in [6.45, 7) is 13.2. The molecule has 0 aromatic rings. The van der Waals surface area contributed by atoms with Gasteiger partial charge in [0.05, 0.1) is 53.4 Å². The van der Waals surface area contributed by atoms with E-state index in [-0.39, 0.29) is 0 Å². The van der Waals surface area contributed by atoms with Gasteiger partial charge in [-0.15, -0.1) is 0 Å². The van der Waals surface area contributed by atoms with Crippen LogP contribution in [0, 0.1) is 0 Å². The molecule has 0 aromatic heterocycles. The molecule has 2 nitrogen and oxygen atoms in total. The van der Waals surface area contributed by atoms with Crippen molar-refractivity contribution in [3.63, 3.8) is 0 Å². The van der Waals surface area contributed by atoms with Gasteiger partial charge in [0.15, 0.2) is 0 Å². The molecule has 0 aromatic carbocycles. The molecule has 0 atom stereocenters. The first-order valence-electron chi connectivity index (χ1n) is 10.7. The number of likely N-dealkylation sites (tertiary alicyclic amines) is 2. The van der Waals surface area contributed by atoms with Crippen LogP contribution < -0.4 is 0 Å². The summed E-state index contributed by atoms with van der Waals surface area (Å²) in [5.41, 5.74) is 0. The highest BCUT2D eigenvalue weighted by Crippen LogP contribution is 2.18. The fraction of sp³-hybridized carbons (Fsp3) is 1.00. The van der Waals surface area contributed by atoms with Crippen molar-refractivity contribution < 1.29 is 8.97 Å². The third-order valence-corrected chi connectivity index (χ3v) is 6.14. The van der Waals surface area contributed by atoms with Crippen LogP contribution in [0.3, 0.4) is 0 Å².